The van der Waals surface area contributed by atoms with Gasteiger partial charge in [-0.3, -0.25) is 9.09 Å². The maximum Gasteiger partial charge on any atom is 0.333 e. The fourth-order valence-electron chi connectivity index (χ4n) is 0.430. The molecule has 0 spiro atoms. The van der Waals surface area contributed by atoms with Crippen LogP contribution in [0.5, 0.6) is 0 Å². The van der Waals surface area contributed by atoms with Crippen LogP contribution >= 0.6 is 7.60 Å². The summed E-state index contributed by atoms with van der Waals surface area (Å²) in [4.78, 5) is 8.34. The Morgan fingerprint density at radius 2 is 2.43 bits per heavy atom. The molecule has 1 aliphatic rings. The molecule has 5 heteroatoms. The molecule has 1 aliphatic heterocycles. The largest absolute Gasteiger partial charge is 0.333 e. The van der Waals surface area contributed by atoms with Gasteiger partial charge < -0.3 is 10.6 Å². The lowest BCUT2D eigenvalue weighted by Gasteiger charge is -2.27. The van der Waals surface area contributed by atoms with E-state index in [0.717, 1.165) is 0 Å². The van der Waals surface area contributed by atoms with Gasteiger partial charge in [-0.15, -0.1) is 0 Å². The summed E-state index contributed by atoms with van der Waals surface area (Å²) in [5.74, 6) is 0. The molecule has 2 atom stereocenters. The number of nitrogens with two attached hydrogens (primary N) is 1. The first-order valence-corrected chi connectivity index (χ1v) is 3.62. The molecule has 0 radical (unpaired) electrons. The lowest BCUT2D eigenvalue weighted by Crippen LogP contribution is -2.36. The molecule has 0 amide bonds. The fraction of sp³-hybridized carbons (Fsp3) is 1.00. The summed E-state index contributed by atoms with van der Waals surface area (Å²) in [6.07, 6.45) is -0.400. The number of rotatable bonds is 0. The Bertz CT molecular complexity index is 114. The minimum Gasteiger partial charge on any atom is -0.324 e. The van der Waals surface area contributed by atoms with Crippen molar-refractivity contribution in [3.63, 3.8) is 0 Å². The molecule has 1 fully saturated rings. The van der Waals surface area contributed by atoms with Gasteiger partial charge in [0.1, 0.15) is 6.23 Å². The summed E-state index contributed by atoms with van der Waals surface area (Å²) in [5, 5.41) is 0. The van der Waals surface area contributed by atoms with Gasteiger partial charge in [-0.1, -0.05) is 0 Å². The van der Waals surface area contributed by atoms with E-state index in [1.165, 1.54) is 0 Å². The molecule has 0 aromatic heterocycles. The standard InChI is InChI=1S/C2H6NO3P/c3-2-1-7(4,5)6-2/h2H,1,3H2,(H,4,5). The van der Waals surface area contributed by atoms with Crippen LogP contribution < -0.4 is 5.73 Å². The summed E-state index contributed by atoms with van der Waals surface area (Å²) >= 11 is 0. The van der Waals surface area contributed by atoms with Gasteiger partial charge >= 0.3 is 7.60 Å². The molecule has 0 aromatic carbocycles. The lowest BCUT2D eigenvalue weighted by molar-refractivity contribution is 0.138. The van der Waals surface area contributed by atoms with Gasteiger partial charge in [0.2, 0.25) is 0 Å². The Hall–Kier alpha value is 0.110. The molecule has 1 heterocycles. The van der Waals surface area contributed by atoms with Gasteiger partial charge in [0.15, 0.2) is 0 Å². The van der Waals surface area contributed by atoms with Crippen LogP contribution in [0.25, 0.3) is 0 Å². The Kier molecular flexibility index (Phi) is 0.970. The lowest BCUT2D eigenvalue weighted by atomic mass is 10.7. The summed E-state index contributed by atoms with van der Waals surface area (Å²) in [6, 6.07) is 0. The quantitative estimate of drug-likeness (QED) is 0.425. The third kappa shape index (κ3) is 1.01. The van der Waals surface area contributed by atoms with Crippen molar-refractivity contribution < 1.29 is 14.0 Å². The van der Waals surface area contributed by atoms with E-state index in [4.69, 9.17) is 10.6 Å². The van der Waals surface area contributed by atoms with E-state index in [-0.39, 0.29) is 6.16 Å². The zero-order valence-electron chi connectivity index (χ0n) is 3.57. The molecule has 7 heavy (non-hydrogen) atoms. The summed E-state index contributed by atoms with van der Waals surface area (Å²) in [7, 11) is -3.15. The molecule has 0 bridgehead atoms. The van der Waals surface area contributed by atoms with Gasteiger partial charge in [0.25, 0.3) is 0 Å². The van der Waals surface area contributed by atoms with Crippen molar-refractivity contribution in [2.75, 3.05) is 6.16 Å². The SMILES string of the molecule is NC1CP(=O)(O)O1. The number of hydrogen-bond acceptors (Lipinski definition) is 3. The predicted octanol–water partition coefficient (Wildman–Crippen LogP) is -0.513. The van der Waals surface area contributed by atoms with Crippen molar-refractivity contribution in [1.29, 1.82) is 0 Å². The highest BCUT2D eigenvalue weighted by molar-refractivity contribution is 7.54. The fourth-order valence-corrected chi connectivity index (χ4v) is 1.29. The highest BCUT2D eigenvalue weighted by atomic mass is 31.2. The first-order chi connectivity index (χ1) is 3.10. The van der Waals surface area contributed by atoms with Gasteiger partial charge in [0.05, 0.1) is 6.16 Å². The first kappa shape index (κ1) is 5.25. The van der Waals surface area contributed by atoms with Crippen LogP contribution in [-0.4, -0.2) is 17.3 Å². The molecular weight excluding hydrogens is 117 g/mol. The van der Waals surface area contributed by atoms with Crippen molar-refractivity contribution in [1.82, 2.24) is 0 Å². The minimum absolute atomic E-state index is 0.104. The van der Waals surface area contributed by atoms with E-state index in [9.17, 15) is 4.57 Å². The molecule has 42 valence electrons. The normalized spacial score (nSPS) is 50.9. The zero-order chi connectivity index (χ0) is 5.49. The van der Waals surface area contributed by atoms with Crippen LogP contribution in [0.4, 0.5) is 0 Å². The topological polar surface area (TPSA) is 72.6 Å². The van der Waals surface area contributed by atoms with Gasteiger partial charge in [-0.05, 0) is 0 Å². The molecule has 1 rings (SSSR count). The van der Waals surface area contributed by atoms with Crippen molar-refractivity contribution in [3.8, 4) is 0 Å². The van der Waals surface area contributed by atoms with E-state index < -0.39 is 13.8 Å². The second-order valence-corrected chi connectivity index (χ2v) is 3.31. The monoisotopic (exact) mass is 123 g/mol. The third-order valence-electron chi connectivity index (χ3n) is 0.711. The van der Waals surface area contributed by atoms with Crippen LogP contribution in [0, 0.1) is 0 Å². The van der Waals surface area contributed by atoms with Crippen LogP contribution in [0.15, 0.2) is 0 Å². The van der Waals surface area contributed by atoms with Gasteiger partial charge in [-0.2, -0.15) is 0 Å². The first-order valence-electron chi connectivity index (χ1n) is 1.86. The van der Waals surface area contributed by atoms with Crippen LogP contribution in [0.2, 0.25) is 0 Å². The Balaban J connectivity index is 2.44. The number of hydrogen-bond donors (Lipinski definition) is 2. The second-order valence-electron chi connectivity index (χ2n) is 1.46. The van der Waals surface area contributed by atoms with E-state index in [1.807, 2.05) is 0 Å². The smallest absolute Gasteiger partial charge is 0.324 e. The van der Waals surface area contributed by atoms with Crippen LogP contribution in [0.1, 0.15) is 0 Å². The van der Waals surface area contributed by atoms with E-state index >= 15 is 0 Å². The average molecular weight is 123 g/mol. The second kappa shape index (κ2) is 1.29. The third-order valence-corrected chi connectivity index (χ3v) is 2.13. The highest BCUT2D eigenvalue weighted by Gasteiger charge is 2.36. The Labute approximate surface area is 40.8 Å². The van der Waals surface area contributed by atoms with E-state index in [2.05, 4.69) is 4.52 Å². The van der Waals surface area contributed by atoms with Crippen molar-refractivity contribution >= 4 is 7.60 Å². The molecule has 0 aliphatic carbocycles. The molecule has 0 aromatic rings. The van der Waals surface area contributed by atoms with Gasteiger partial charge in [-0.25, -0.2) is 0 Å². The average Bonchev–Trinajstić information content (AvgIpc) is 1.27. The minimum atomic E-state index is -3.15. The molecular formula is C2H6NO3P. The predicted molar refractivity (Wildman–Crippen MR) is 23.8 cm³/mol. The van der Waals surface area contributed by atoms with Crippen LogP contribution in [-0.2, 0) is 9.09 Å². The van der Waals surface area contributed by atoms with E-state index in [0.29, 0.717) is 0 Å². The van der Waals surface area contributed by atoms with Crippen molar-refractivity contribution in [2.45, 2.75) is 6.23 Å². The molecule has 1 saturated heterocycles. The summed E-state index contributed by atoms with van der Waals surface area (Å²) < 4.78 is 14.3. The van der Waals surface area contributed by atoms with Gasteiger partial charge in [0, 0.05) is 0 Å². The Morgan fingerprint density at radius 3 is 2.43 bits per heavy atom. The molecule has 2 unspecified atom stereocenters. The van der Waals surface area contributed by atoms with Crippen molar-refractivity contribution in [3.05, 3.63) is 0 Å². The van der Waals surface area contributed by atoms with Crippen LogP contribution in [0.3, 0.4) is 0 Å². The maximum absolute atomic E-state index is 10.1. The van der Waals surface area contributed by atoms with E-state index in [1.54, 1.807) is 0 Å². The molecule has 0 saturated carbocycles. The Morgan fingerprint density at radius 1 is 2.00 bits per heavy atom. The molecule has 3 N–H and O–H groups in total. The summed E-state index contributed by atoms with van der Waals surface area (Å²) in [6.45, 7) is 0. The molecule has 4 nitrogen and oxygen atoms in total. The maximum atomic E-state index is 10.1. The highest BCUT2D eigenvalue weighted by Crippen LogP contribution is 2.51. The summed E-state index contributed by atoms with van der Waals surface area (Å²) in [5.41, 5.74) is 5.00. The zero-order valence-corrected chi connectivity index (χ0v) is 4.47. The van der Waals surface area contributed by atoms with Crippen molar-refractivity contribution in [2.24, 2.45) is 5.73 Å².